The number of nitrogens with one attached hydrogen (secondary N) is 2. The first-order chi connectivity index (χ1) is 12.1. The molecule has 2 amide bonds. The summed E-state index contributed by atoms with van der Waals surface area (Å²) in [6.45, 7) is 1.82. The molecule has 0 radical (unpaired) electrons. The highest BCUT2D eigenvalue weighted by Crippen LogP contribution is 2.24. The Bertz CT molecular complexity index is 782. The number of hydrogen-bond acceptors (Lipinski definition) is 6. The van der Waals surface area contributed by atoms with Crippen molar-refractivity contribution >= 4 is 39.1 Å². The number of amides is 2. The van der Waals surface area contributed by atoms with Crippen LogP contribution in [0.2, 0.25) is 0 Å². The lowest BCUT2D eigenvalue weighted by atomic mass is 10.0. The van der Waals surface area contributed by atoms with Gasteiger partial charge in [-0.2, -0.15) is 0 Å². The van der Waals surface area contributed by atoms with E-state index in [2.05, 4.69) is 10.6 Å². The summed E-state index contributed by atoms with van der Waals surface area (Å²) >= 11 is 1.54. The summed E-state index contributed by atoms with van der Waals surface area (Å²) in [6.07, 6.45) is 2.35. The van der Waals surface area contributed by atoms with Crippen LogP contribution in [0, 0.1) is 0 Å². The summed E-state index contributed by atoms with van der Waals surface area (Å²) in [7, 11) is -1.41. The smallest absolute Gasteiger partial charge is 0.238 e. The van der Waals surface area contributed by atoms with Crippen LogP contribution >= 0.6 is 11.8 Å². The number of likely N-dealkylation sites (N-methyl/N-ethyl adjacent to an activating group) is 1. The molecule has 1 atom stereocenters. The number of benzene rings is 1. The number of para-hydroxylation sites is 1. The maximum Gasteiger partial charge on any atom is 0.238 e. The molecule has 2 rings (SSSR count). The lowest BCUT2D eigenvalue weighted by Gasteiger charge is -2.25. The number of thioether (sulfide) groups is 1. The van der Waals surface area contributed by atoms with Crippen LogP contribution in [0.3, 0.4) is 0 Å². The zero-order chi connectivity index (χ0) is 19.4. The lowest BCUT2D eigenvalue weighted by molar-refractivity contribution is -0.124. The third-order valence-corrected chi connectivity index (χ3v) is 6.85. The van der Waals surface area contributed by atoms with Gasteiger partial charge in [-0.3, -0.25) is 14.5 Å². The molecule has 1 aliphatic rings. The Morgan fingerprint density at radius 2 is 1.88 bits per heavy atom. The van der Waals surface area contributed by atoms with Crippen molar-refractivity contribution in [1.29, 1.82) is 0 Å². The van der Waals surface area contributed by atoms with Crippen molar-refractivity contribution in [3.63, 3.8) is 0 Å². The van der Waals surface area contributed by atoms with Crippen molar-refractivity contribution in [3.05, 3.63) is 24.3 Å². The SMILES string of the molecule is CSc1ccccc1NC(=O)CN(C)CC(=O)N[C@@]1(C)CCS(=O)(=O)C1. The summed E-state index contributed by atoms with van der Waals surface area (Å²) in [5.74, 6) is -0.445. The van der Waals surface area contributed by atoms with E-state index in [-0.39, 0.29) is 36.4 Å². The Hall–Kier alpha value is -1.58. The van der Waals surface area contributed by atoms with E-state index in [0.717, 1.165) is 10.6 Å². The van der Waals surface area contributed by atoms with Crippen LogP contribution in [-0.4, -0.2) is 68.6 Å². The minimum Gasteiger partial charge on any atom is -0.349 e. The fraction of sp³-hybridized carbons (Fsp3) is 0.529. The predicted molar refractivity (Wildman–Crippen MR) is 104 cm³/mol. The van der Waals surface area contributed by atoms with Crippen molar-refractivity contribution in [3.8, 4) is 0 Å². The van der Waals surface area contributed by atoms with E-state index in [1.54, 1.807) is 30.6 Å². The largest absolute Gasteiger partial charge is 0.349 e. The van der Waals surface area contributed by atoms with E-state index >= 15 is 0 Å². The third-order valence-electron chi connectivity index (χ3n) is 4.15. The van der Waals surface area contributed by atoms with Gasteiger partial charge in [-0.05, 0) is 38.8 Å². The van der Waals surface area contributed by atoms with Crippen molar-refractivity contribution in [1.82, 2.24) is 10.2 Å². The normalized spacial score (nSPS) is 21.5. The molecule has 0 spiro atoms. The Kier molecular flexibility index (Phi) is 6.70. The summed E-state index contributed by atoms with van der Waals surface area (Å²) in [5, 5.41) is 5.63. The molecule has 26 heavy (non-hydrogen) atoms. The number of sulfone groups is 1. The lowest BCUT2D eigenvalue weighted by Crippen LogP contribution is -2.50. The Morgan fingerprint density at radius 3 is 2.50 bits per heavy atom. The fourth-order valence-corrected chi connectivity index (χ4v) is 5.62. The molecule has 1 aliphatic heterocycles. The highest BCUT2D eigenvalue weighted by atomic mass is 32.2. The molecule has 1 fully saturated rings. The number of hydrogen-bond donors (Lipinski definition) is 2. The van der Waals surface area contributed by atoms with Gasteiger partial charge in [-0.15, -0.1) is 11.8 Å². The van der Waals surface area contributed by atoms with Crippen LogP contribution in [0.4, 0.5) is 5.69 Å². The fourth-order valence-electron chi connectivity index (χ4n) is 2.97. The van der Waals surface area contributed by atoms with E-state index in [1.165, 1.54) is 0 Å². The number of carbonyl (C=O) groups is 2. The zero-order valence-electron chi connectivity index (χ0n) is 15.2. The second-order valence-electron chi connectivity index (χ2n) is 6.87. The molecule has 0 unspecified atom stereocenters. The van der Waals surface area contributed by atoms with Gasteiger partial charge in [-0.25, -0.2) is 8.42 Å². The molecule has 1 heterocycles. The first kappa shape index (κ1) is 20.7. The van der Waals surface area contributed by atoms with Crippen molar-refractivity contribution in [2.45, 2.75) is 23.8 Å². The van der Waals surface area contributed by atoms with Crippen molar-refractivity contribution in [2.75, 3.05) is 43.2 Å². The number of rotatable bonds is 7. The minimum atomic E-state index is -3.08. The van der Waals surface area contributed by atoms with E-state index in [0.29, 0.717) is 6.42 Å². The predicted octanol–water partition coefficient (Wildman–Crippen LogP) is 0.972. The summed E-state index contributed by atoms with van der Waals surface area (Å²) < 4.78 is 23.2. The van der Waals surface area contributed by atoms with Gasteiger partial charge in [0.15, 0.2) is 9.84 Å². The molecule has 7 nitrogen and oxygen atoms in total. The van der Waals surface area contributed by atoms with Gasteiger partial charge in [-0.1, -0.05) is 12.1 Å². The average molecular weight is 400 g/mol. The quantitative estimate of drug-likeness (QED) is 0.664. The van der Waals surface area contributed by atoms with Gasteiger partial charge >= 0.3 is 0 Å². The molecule has 1 aromatic carbocycles. The van der Waals surface area contributed by atoms with Crippen LogP contribution in [-0.2, 0) is 19.4 Å². The topological polar surface area (TPSA) is 95.6 Å². The van der Waals surface area contributed by atoms with Gasteiger partial charge in [0.2, 0.25) is 11.8 Å². The van der Waals surface area contributed by atoms with Crippen LogP contribution in [0.15, 0.2) is 29.2 Å². The summed E-state index contributed by atoms with van der Waals surface area (Å²) in [5.41, 5.74) is 0.0163. The van der Waals surface area contributed by atoms with Crippen molar-refractivity contribution < 1.29 is 18.0 Å². The number of nitrogens with zero attached hydrogens (tertiary/aromatic N) is 1. The standard InChI is InChI=1S/C17H25N3O4S2/c1-17(8-9-26(23,24)12-17)19-16(22)11-20(2)10-15(21)18-13-6-4-5-7-14(13)25-3/h4-7H,8-12H2,1-3H3,(H,18,21)(H,19,22)/t17-/m0/s1. The molecule has 1 saturated heterocycles. The number of carbonyl (C=O) groups excluding carboxylic acids is 2. The Balaban J connectivity index is 1.83. The second kappa shape index (κ2) is 8.41. The highest BCUT2D eigenvalue weighted by molar-refractivity contribution is 7.98. The van der Waals surface area contributed by atoms with Crippen molar-refractivity contribution in [2.24, 2.45) is 0 Å². The minimum absolute atomic E-state index is 0.0211. The maximum atomic E-state index is 12.2. The number of anilines is 1. The molecule has 0 aromatic heterocycles. The third kappa shape index (κ3) is 6.00. The first-order valence-corrected chi connectivity index (χ1v) is 11.3. The van der Waals surface area contributed by atoms with Crippen LogP contribution < -0.4 is 10.6 Å². The highest BCUT2D eigenvalue weighted by Gasteiger charge is 2.39. The molecule has 1 aromatic rings. The van der Waals surface area contributed by atoms with E-state index in [9.17, 15) is 18.0 Å². The van der Waals surface area contributed by atoms with Crippen LogP contribution in [0.1, 0.15) is 13.3 Å². The van der Waals surface area contributed by atoms with E-state index in [4.69, 9.17) is 0 Å². The monoisotopic (exact) mass is 399 g/mol. The van der Waals surface area contributed by atoms with Gasteiger partial charge in [0.1, 0.15) is 0 Å². The molecule has 0 saturated carbocycles. The molecule has 0 aliphatic carbocycles. The summed E-state index contributed by atoms with van der Waals surface area (Å²) in [6, 6.07) is 7.51. The van der Waals surface area contributed by atoms with Gasteiger partial charge in [0.25, 0.3) is 0 Å². The molecular weight excluding hydrogens is 374 g/mol. The molecule has 2 N–H and O–H groups in total. The van der Waals surface area contributed by atoms with Gasteiger partial charge in [0, 0.05) is 4.90 Å². The zero-order valence-corrected chi connectivity index (χ0v) is 16.9. The average Bonchev–Trinajstić information content (AvgIpc) is 2.80. The van der Waals surface area contributed by atoms with Gasteiger partial charge in [0.05, 0.1) is 35.8 Å². The second-order valence-corrected chi connectivity index (χ2v) is 9.90. The van der Waals surface area contributed by atoms with Crippen LogP contribution in [0.25, 0.3) is 0 Å². The van der Waals surface area contributed by atoms with Crippen LogP contribution in [0.5, 0.6) is 0 Å². The Morgan fingerprint density at radius 1 is 1.23 bits per heavy atom. The molecule has 144 valence electrons. The van der Waals surface area contributed by atoms with E-state index in [1.807, 2.05) is 30.5 Å². The molecule has 9 heteroatoms. The molecular formula is C17H25N3O4S2. The maximum absolute atomic E-state index is 12.2. The Labute approximate surface area is 158 Å². The van der Waals surface area contributed by atoms with E-state index < -0.39 is 15.4 Å². The first-order valence-electron chi connectivity index (χ1n) is 8.25. The van der Waals surface area contributed by atoms with Gasteiger partial charge < -0.3 is 10.6 Å². The molecule has 0 bridgehead atoms. The summed E-state index contributed by atoms with van der Waals surface area (Å²) in [4.78, 5) is 26.9.